The molecule has 2 aromatic rings. The highest BCUT2D eigenvalue weighted by atomic mass is 32.1. The number of nitrogens with zero attached hydrogens (tertiary/aromatic N) is 4. The molecule has 6 heteroatoms. The average molecular weight is 249 g/mol. The third-order valence-electron chi connectivity index (χ3n) is 2.56. The minimum Gasteiger partial charge on any atom is -0.340 e. The molecule has 1 N–H and O–H groups in total. The Morgan fingerprint density at radius 2 is 2.12 bits per heavy atom. The molecule has 2 heterocycles. The normalized spacial score (nSPS) is 10.5. The third-order valence-corrected chi connectivity index (χ3v) is 2.88. The van der Waals surface area contributed by atoms with Gasteiger partial charge in [0.2, 0.25) is 5.95 Å². The lowest BCUT2D eigenvalue weighted by atomic mass is 10.2. The molecule has 0 saturated carbocycles. The maximum atomic E-state index is 5.16. The van der Waals surface area contributed by atoms with Gasteiger partial charge in [-0.3, -0.25) is 9.55 Å². The number of anilines is 1. The largest absolute Gasteiger partial charge is 0.340 e. The Kier molecular flexibility index (Phi) is 3.53. The summed E-state index contributed by atoms with van der Waals surface area (Å²) in [6.07, 6.45) is 3.58. The number of pyridine rings is 1. The van der Waals surface area contributed by atoms with Crippen LogP contribution in [0.3, 0.4) is 0 Å². The second-order valence-corrected chi connectivity index (χ2v) is 4.17. The van der Waals surface area contributed by atoms with Crippen LogP contribution in [0.25, 0.3) is 0 Å². The Morgan fingerprint density at radius 3 is 2.76 bits per heavy atom. The van der Waals surface area contributed by atoms with Crippen LogP contribution in [0.15, 0.2) is 24.5 Å². The van der Waals surface area contributed by atoms with Gasteiger partial charge in [-0.05, 0) is 36.8 Å². The zero-order valence-electron chi connectivity index (χ0n) is 9.92. The number of aromatic nitrogens is 4. The highest BCUT2D eigenvalue weighted by Crippen LogP contribution is 2.12. The third kappa shape index (κ3) is 2.52. The lowest BCUT2D eigenvalue weighted by Gasteiger charge is -2.18. The van der Waals surface area contributed by atoms with Crippen LogP contribution in [0.4, 0.5) is 5.95 Å². The summed E-state index contributed by atoms with van der Waals surface area (Å²) in [5.41, 5.74) is 1.19. The second-order valence-electron chi connectivity index (χ2n) is 3.78. The van der Waals surface area contributed by atoms with E-state index in [0.717, 1.165) is 19.0 Å². The molecule has 0 aliphatic carbocycles. The Balaban J connectivity index is 2.20. The molecule has 0 bridgehead atoms. The predicted octanol–water partition coefficient (Wildman–Crippen LogP) is 1.99. The van der Waals surface area contributed by atoms with Gasteiger partial charge in [0.25, 0.3) is 0 Å². The fourth-order valence-corrected chi connectivity index (χ4v) is 1.97. The van der Waals surface area contributed by atoms with Crippen LogP contribution in [-0.4, -0.2) is 26.8 Å². The van der Waals surface area contributed by atoms with Gasteiger partial charge in [-0.15, -0.1) is 5.10 Å². The van der Waals surface area contributed by atoms with Crippen LogP contribution in [0.1, 0.15) is 12.5 Å². The van der Waals surface area contributed by atoms with Gasteiger partial charge in [-0.1, -0.05) is 0 Å². The Labute approximate surface area is 105 Å². The van der Waals surface area contributed by atoms with Crippen molar-refractivity contribution in [3.8, 4) is 0 Å². The standard InChI is InChI=1S/C11H15N5S/c1-3-16-10(13-14-11(16)17)15(2)8-9-4-6-12-7-5-9/h4-7H,3,8H2,1-2H3,(H,14,17). The highest BCUT2D eigenvalue weighted by molar-refractivity contribution is 7.71. The smallest absolute Gasteiger partial charge is 0.225 e. The van der Waals surface area contributed by atoms with E-state index in [1.807, 2.05) is 23.7 Å². The highest BCUT2D eigenvalue weighted by Gasteiger charge is 2.09. The molecule has 0 aliphatic heterocycles. The van der Waals surface area contributed by atoms with Crippen LogP contribution >= 0.6 is 12.2 Å². The summed E-state index contributed by atoms with van der Waals surface area (Å²) in [4.78, 5) is 6.06. The van der Waals surface area contributed by atoms with Crippen molar-refractivity contribution in [3.05, 3.63) is 34.9 Å². The van der Waals surface area contributed by atoms with Crippen molar-refractivity contribution in [2.75, 3.05) is 11.9 Å². The zero-order chi connectivity index (χ0) is 12.3. The summed E-state index contributed by atoms with van der Waals surface area (Å²) in [6.45, 7) is 3.64. The molecule has 0 spiro atoms. The van der Waals surface area contributed by atoms with Crippen molar-refractivity contribution in [1.29, 1.82) is 0 Å². The van der Waals surface area contributed by atoms with E-state index in [4.69, 9.17) is 12.2 Å². The average Bonchev–Trinajstić information content (AvgIpc) is 2.71. The first-order valence-corrected chi connectivity index (χ1v) is 5.88. The van der Waals surface area contributed by atoms with Gasteiger partial charge >= 0.3 is 0 Å². The second kappa shape index (κ2) is 5.09. The first-order valence-electron chi connectivity index (χ1n) is 5.47. The van der Waals surface area contributed by atoms with Gasteiger partial charge in [-0.25, -0.2) is 5.10 Å². The Bertz CT molecular complexity index is 530. The number of rotatable bonds is 4. The molecule has 2 rings (SSSR count). The van der Waals surface area contributed by atoms with Crippen molar-refractivity contribution < 1.29 is 0 Å². The quantitative estimate of drug-likeness (QED) is 0.842. The Hall–Kier alpha value is -1.69. The summed E-state index contributed by atoms with van der Waals surface area (Å²) in [5.74, 6) is 0.856. The summed E-state index contributed by atoms with van der Waals surface area (Å²) >= 11 is 5.16. The zero-order valence-corrected chi connectivity index (χ0v) is 10.7. The van der Waals surface area contributed by atoms with E-state index in [1.165, 1.54) is 5.56 Å². The number of hydrogen-bond donors (Lipinski definition) is 1. The molecule has 2 aromatic heterocycles. The fourth-order valence-electron chi connectivity index (χ4n) is 1.72. The van der Waals surface area contributed by atoms with Gasteiger partial charge in [-0.2, -0.15) is 0 Å². The summed E-state index contributed by atoms with van der Waals surface area (Å²) < 4.78 is 2.63. The first-order chi connectivity index (χ1) is 8.22. The molecule has 0 saturated heterocycles. The van der Waals surface area contributed by atoms with Crippen LogP contribution in [0.5, 0.6) is 0 Å². The molecule has 0 atom stereocenters. The molecular weight excluding hydrogens is 234 g/mol. The number of aromatic amines is 1. The predicted molar refractivity (Wildman–Crippen MR) is 69.4 cm³/mol. The van der Waals surface area contributed by atoms with Gasteiger partial charge < -0.3 is 4.90 Å². The lowest BCUT2D eigenvalue weighted by molar-refractivity contribution is 0.717. The summed E-state index contributed by atoms with van der Waals surface area (Å²) in [7, 11) is 2.00. The number of nitrogens with one attached hydrogen (secondary N) is 1. The monoisotopic (exact) mass is 249 g/mol. The maximum Gasteiger partial charge on any atom is 0.225 e. The summed E-state index contributed by atoms with van der Waals surface area (Å²) in [6, 6.07) is 3.99. The van der Waals surface area contributed by atoms with E-state index < -0.39 is 0 Å². The van der Waals surface area contributed by atoms with E-state index in [0.29, 0.717) is 4.77 Å². The topological polar surface area (TPSA) is 49.7 Å². The van der Waals surface area contributed by atoms with Crippen molar-refractivity contribution in [2.24, 2.45) is 0 Å². The van der Waals surface area contributed by atoms with Gasteiger partial charge in [0.05, 0.1) is 0 Å². The van der Waals surface area contributed by atoms with Crippen molar-refractivity contribution in [3.63, 3.8) is 0 Å². The molecule has 90 valence electrons. The summed E-state index contributed by atoms with van der Waals surface area (Å²) in [5, 5.41) is 7.06. The number of H-pyrrole nitrogens is 1. The molecule has 0 unspecified atom stereocenters. The van der Waals surface area contributed by atoms with E-state index in [1.54, 1.807) is 12.4 Å². The van der Waals surface area contributed by atoms with Crippen molar-refractivity contribution in [2.45, 2.75) is 20.0 Å². The van der Waals surface area contributed by atoms with Crippen molar-refractivity contribution in [1.82, 2.24) is 19.7 Å². The van der Waals surface area contributed by atoms with Crippen LogP contribution in [0.2, 0.25) is 0 Å². The van der Waals surface area contributed by atoms with Crippen molar-refractivity contribution >= 4 is 18.2 Å². The minimum absolute atomic E-state index is 0.657. The molecule has 0 amide bonds. The number of hydrogen-bond acceptors (Lipinski definition) is 4. The molecular formula is C11H15N5S. The van der Waals surface area contributed by atoms with Crippen LogP contribution < -0.4 is 4.90 Å². The minimum atomic E-state index is 0.657. The molecule has 17 heavy (non-hydrogen) atoms. The fraction of sp³-hybridized carbons (Fsp3) is 0.364. The first kappa shape index (κ1) is 11.8. The van der Waals surface area contributed by atoms with Gasteiger partial charge in [0, 0.05) is 32.5 Å². The van der Waals surface area contributed by atoms with E-state index in [2.05, 4.69) is 27.0 Å². The van der Waals surface area contributed by atoms with E-state index in [-0.39, 0.29) is 0 Å². The van der Waals surface area contributed by atoms with Crippen LogP contribution in [-0.2, 0) is 13.1 Å². The van der Waals surface area contributed by atoms with E-state index in [9.17, 15) is 0 Å². The molecule has 0 fully saturated rings. The van der Waals surface area contributed by atoms with E-state index >= 15 is 0 Å². The Morgan fingerprint density at radius 1 is 1.41 bits per heavy atom. The van der Waals surface area contributed by atoms with Gasteiger partial charge in [0.1, 0.15) is 0 Å². The molecule has 0 radical (unpaired) electrons. The van der Waals surface area contributed by atoms with Crippen LogP contribution in [0, 0.1) is 4.77 Å². The SMILES string of the molecule is CCn1c(N(C)Cc2ccncc2)n[nH]c1=S. The van der Waals surface area contributed by atoms with Gasteiger partial charge in [0.15, 0.2) is 4.77 Å². The molecule has 0 aliphatic rings. The maximum absolute atomic E-state index is 5.16. The molecule has 5 nitrogen and oxygen atoms in total. The lowest BCUT2D eigenvalue weighted by Crippen LogP contribution is -2.20. The molecule has 0 aromatic carbocycles.